The van der Waals surface area contributed by atoms with Crippen molar-refractivity contribution in [3.05, 3.63) is 46.1 Å². The Kier molecular flexibility index (Phi) is 5.10. The number of rotatable bonds is 4. The lowest BCUT2D eigenvalue weighted by molar-refractivity contribution is 0.0948. The highest BCUT2D eigenvalue weighted by atomic mass is 32.1. The Bertz CT molecular complexity index is 839. The lowest BCUT2D eigenvalue weighted by atomic mass is 9.95. The largest absolute Gasteiger partial charge is 0.336 e. The molecule has 0 spiro atoms. The quantitative estimate of drug-likeness (QED) is 0.882. The lowest BCUT2D eigenvalue weighted by Crippen LogP contribution is -2.32. The molecule has 0 aliphatic heterocycles. The van der Waals surface area contributed by atoms with Crippen molar-refractivity contribution < 1.29 is 9.59 Å². The minimum atomic E-state index is -0.589. The molecular formula is C18H18N4O2S. The first-order valence-corrected chi connectivity index (χ1v) is 8.98. The fourth-order valence-electron chi connectivity index (χ4n) is 2.87. The first kappa shape index (κ1) is 17.1. The number of nitrogens with zero attached hydrogens (tertiary/aromatic N) is 2. The van der Waals surface area contributed by atoms with Gasteiger partial charge < -0.3 is 10.6 Å². The Morgan fingerprint density at radius 1 is 1.32 bits per heavy atom. The topological polar surface area (TPSA) is 94.9 Å². The van der Waals surface area contributed by atoms with Crippen LogP contribution in [0.5, 0.6) is 0 Å². The molecule has 2 aromatic heterocycles. The van der Waals surface area contributed by atoms with Crippen molar-refractivity contribution in [2.75, 3.05) is 5.32 Å². The molecule has 0 saturated carbocycles. The molecule has 1 atom stereocenters. The van der Waals surface area contributed by atoms with E-state index < -0.39 is 6.04 Å². The minimum absolute atomic E-state index is 0.297. The molecule has 3 rings (SSSR count). The minimum Gasteiger partial charge on any atom is -0.336 e. The second-order valence-electron chi connectivity index (χ2n) is 5.94. The summed E-state index contributed by atoms with van der Waals surface area (Å²) in [6, 6.07) is 4.78. The van der Waals surface area contributed by atoms with E-state index in [4.69, 9.17) is 5.26 Å². The van der Waals surface area contributed by atoms with Gasteiger partial charge in [-0.2, -0.15) is 5.26 Å². The standard InChI is InChI=1S/C18H18N4O2S/c1-11(9-19)21-17(24)15-13-6-2-3-7-14(13)25-18(15)22-16(23)12-5-4-8-20-10-12/h4-5,8,10-11H,2-3,6-7H2,1H3,(H,21,24)(H,22,23)/t11-/m0/s1. The summed E-state index contributed by atoms with van der Waals surface area (Å²) in [6.45, 7) is 1.63. The molecule has 0 bridgehead atoms. The number of thiophene rings is 1. The maximum atomic E-state index is 12.7. The smallest absolute Gasteiger partial charge is 0.257 e. The number of hydrogen-bond donors (Lipinski definition) is 2. The van der Waals surface area contributed by atoms with Gasteiger partial charge in [-0.05, 0) is 50.3 Å². The summed E-state index contributed by atoms with van der Waals surface area (Å²) >= 11 is 1.45. The summed E-state index contributed by atoms with van der Waals surface area (Å²) in [5.41, 5.74) is 1.94. The number of hydrogen-bond acceptors (Lipinski definition) is 5. The van der Waals surface area contributed by atoms with E-state index in [1.165, 1.54) is 17.5 Å². The van der Waals surface area contributed by atoms with Crippen LogP contribution in [0.25, 0.3) is 0 Å². The van der Waals surface area contributed by atoms with Gasteiger partial charge in [0.2, 0.25) is 0 Å². The number of anilines is 1. The van der Waals surface area contributed by atoms with E-state index in [2.05, 4.69) is 15.6 Å². The van der Waals surface area contributed by atoms with Gasteiger partial charge in [0.15, 0.2) is 0 Å². The highest BCUT2D eigenvalue weighted by Crippen LogP contribution is 2.38. The molecule has 2 amide bonds. The number of nitriles is 1. The van der Waals surface area contributed by atoms with Crippen LogP contribution in [0.4, 0.5) is 5.00 Å². The molecule has 25 heavy (non-hydrogen) atoms. The molecule has 2 aromatic rings. The zero-order valence-corrected chi connectivity index (χ0v) is 14.7. The molecule has 2 N–H and O–H groups in total. The van der Waals surface area contributed by atoms with Crippen molar-refractivity contribution in [2.24, 2.45) is 0 Å². The van der Waals surface area contributed by atoms with E-state index >= 15 is 0 Å². The molecule has 1 aliphatic carbocycles. The maximum Gasteiger partial charge on any atom is 0.257 e. The van der Waals surface area contributed by atoms with Gasteiger partial charge in [0.25, 0.3) is 11.8 Å². The van der Waals surface area contributed by atoms with Gasteiger partial charge in [-0.1, -0.05) is 0 Å². The number of aromatic nitrogens is 1. The van der Waals surface area contributed by atoms with Gasteiger partial charge in [0, 0.05) is 17.3 Å². The SMILES string of the molecule is C[C@@H](C#N)NC(=O)c1c(NC(=O)c2cccnc2)sc2c1CCCC2. The molecule has 0 saturated heterocycles. The lowest BCUT2D eigenvalue weighted by Gasteiger charge is -2.14. The zero-order valence-electron chi connectivity index (χ0n) is 13.8. The Morgan fingerprint density at radius 3 is 2.84 bits per heavy atom. The van der Waals surface area contributed by atoms with Gasteiger partial charge in [-0.15, -0.1) is 11.3 Å². The Hall–Kier alpha value is -2.72. The normalized spacial score (nSPS) is 14.1. The van der Waals surface area contributed by atoms with Crippen molar-refractivity contribution >= 4 is 28.2 Å². The van der Waals surface area contributed by atoms with Crippen LogP contribution in [-0.2, 0) is 12.8 Å². The molecule has 1 aliphatic rings. The van der Waals surface area contributed by atoms with E-state index in [0.29, 0.717) is 16.1 Å². The Morgan fingerprint density at radius 2 is 2.12 bits per heavy atom. The third-order valence-electron chi connectivity index (χ3n) is 4.09. The van der Waals surface area contributed by atoms with Crippen LogP contribution in [0.15, 0.2) is 24.5 Å². The molecule has 0 unspecified atom stereocenters. The fourth-order valence-corrected chi connectivity index (χ4v) is 4.15. The van der Waals surface area contributed by atoms with Gasteiger partial charge in [-0.25, -0.2) is 0 Å². The van der Waals surface area contributed by atoms with Crippen LogP contribution in [-0.4, -0.2) is 22.8 Å². The van der Waals surface area contributed by atoms with Crippen LogP contribution >= 0.6 is 11.3 Å². The van der Waals surface area contributed by atoms with Crippen molar-refractivity contribution in [3.8, 4) is 6.07 Å². The molecule has 6 nitrogen and oxygen atoms in total. The average Bonchev–Trinajstić information content (AvgIpc) is 3.00. The van der Waals surface area contributed by atoms with Crippen LogP contribution in [0.3, 0.4) is 0 Å². The number of carbonyl (C=O) groups is 2. The highest BCUT2D eigenvalue weighted by Gasteiger charge is 2.27. The summed E-state index contributed by atoms with van der Waals surface area (Å²) in [5, 5.41) is 15.0. The summed E-state index contributed by atoms with van der Waals surface area (Å²) in [7, 11) is 0. The monoisotopic (exact) mass is 354 g/mol. The number of fused-ring (bicyclic) bond motifs is 1. The number of nitrogens with one attached hydrogen (secondary N) is 2. The van der Waals surface area contributed by atoms with E-state index in [-0.39, 0.29) is 11.8 Å². The predicted octanol–water partition coefficient (Wildman–Crippen LogP) is 2.92. The summed E-state index contributed by atoms with van der Waals surface area (Å²) < 4.78 is 0. The second kappa shape index (κ2) is 7.45. The molecule has 0 radical (unpaired) electrons. The third kappa shape index (κ3) is 3.69. The first-order valence-electron chi connectivity index (χ1n) is 8.16. The summed E-state index contributed by atoms with van der Waals surface area (Å²) in [6.07, 6.45) is 6.92. The number of carbonyl (C=O) groups excluding carboxylic acids is 2. The predicted molar refractivity (Wildman–Crippen MR) is 95.7 cm³/mol. The van der Waals surface area contributed by atoms with Crippen LogP contribution in [0, 0.1) is 11.3 Å². The molecule has 7 heteroatoms. The first-order chi connectivity index (χ1) is 12.1. The molecule has 128 valence electrons. The third-order valence-corrected chi connectivity index (χ3v) is 5.30. The zero-order chi connectivity index (χ0) is 17.8. The van der Waals surface area contributed by atoms with Gasteiger partial charge >= 0.3 is 0 Å². The van der Waals surface area contributed by atoms with E-state index in [1.807, 2.05) is 6.07 Å². The Balaban J connectivity index is 1.93. The van der Waals surface area contributed by atoms with Gasteiger partial charge in [0.05, 0.1) is 17.2 Å². The second-order valence-corrected chi connectivity index (χ2v) is 7.04. The summed E-state index contributed by atoms with van der Waals surface area (Å²) in [4.78, 5) is 30.2. The summed E-state index contributed by atoms with van der Waals surface area (Å²) in [5.74, 6) is -0.607. The Labute approximate surface area is 149 Å². The van der Waals surface area contributed by atoms with Crippen LogP contribution in [0.1, 0.15) is 50.9 Å². The average molecular weight is 354 g/mol. The van der Waals surface area contributed by atoms with Crippen molar-refractivity contribution in [1.82, 2.24) is 10.3 Å². The van der Waals surface area contributed by atoms with Crippen molar-refractivity contribution in [3.63, 3.8) is 0 Å². The maximum absolute atomic E-state index is 12.7. The van der Waals surface area contributed by atoms with Crippen LogP contribution < -0.4 is 10.6 Å². The molecule has 2 heterocycles. The van der Waals surface area contributed by atoms with E-state index in [0.717, 1.165) is 36.1 Å². The number of amides is 2. The van der Waals surface area contributed by atoms with E-state index in [1.54, 1.807) is 25.3 Å². The number of pyridine rings is 1. The van der Waals surface area contributed by atoms with E-state index in [9.17, 15) is 9.59 Å². The number of aryl methyl sites for hydroxylation is 1. The van der Waals surface area contributed by atoms with Gasteiger partial charge in [-0.3, -0.25) is 14.6 Å². The van der Waals surface area contributed by atoms with Crippen molar-refractivity contribution in [1.29, 1.82) is 5.26 Å². The van der Waals surface area contributed by atoms with Crippen LogP contribution in [0.2, 0.25) is 0 Å². The molecule has 0 aromatic carbocycles. The molecule has 0 fully saturated rings. The highest BCUT2D eigenvalue weighted by molar-refractivity contribution is 7.17. The van der Waals surface area contributed by atoms with Crippen molar-refractivity contribution in [2.45, 2.75) is 38.6 Å². The molecular weight excluding hydrogens is 336 g/mol. The van der Waals surface area contributed by atoms with Gasteiger partial charge in [0.1, 0.15) is 11.0 Å². The fraction of sp³-hybridized carbons (Fsp3) is 0.333.